The Labute approximate surface area is 107 Å². The quantitative estimate of drug-likeness (QED) is 0.423. The topological polar surface area (TPSA) is 38.7 Å². The maximum Gasteiger partial charge on any atom is 0.182 e. The van der Waals surface area contributed by atoms with Crippen LogP contribution in [0.1, 0.15) is 64.7 Å². The number of hydrogen-bond acceptors (Lipinski definition) is 3. The number of hydrogen-bond donors (Lipinski definition) is 1. The molecule has 0 fully saturated rings. The van der Waals surface area contributed by atoms with Gasteiger partial charge in [0.05, 0.1) is 0 Å². The standard InChI is InChI=1S/C14H30O3/c1-4-5-6-7-8-9-10-11-12-13(15)14(16-2)17-3/h13-15H,4-12H2,1-3H3. The number of aliphatic hydroxyl groups is 1. The summed E-state index contributed by atoms with van der Waals surface area (Å²) in [5, 5.41) is 9.73. The summed E-state index contributed by atoms with van der Waals surface area (Å²) in [4.78, 5) is 0. The van der Waals surface area contributed by atoms with Crippen molar-refractivity contribution in [1.29, 1.82) is 0 Å². The molecule has 0 aromatic rings. The van der Waals surface area contributed by atoms with Crippen LogP contribution in [-0.4, -0.2) is 31.7 Å². The molecule has 0 aromatic heterocycles. The molecule has 0 saturated carbocycles. The van der Waals surface area contributed by atoms with Crippen molar-refractivity contribution in [3.05, 3.63) is 0 Å². The van der Waals surface area contributed by atoms with E-state index in [1.807, 2.05) is 0 Å². The Morgan fingerprint density at radius 3 is 1.76 bits per heavy atom. The maximum absolute atomic E-state index is 9.73. The van der Waals surface area contributed by atoms with Crippen LogP contribution in [0.5, 0.6) is 0 Å². The minimum absolute atomic E-state index is 0.473. The summed E-state index contributed by atoms with van der Waals surface area (Å²) in [6.45, 7) is 2.24. The molecule has 0 bridgehead atoms. The van der Waals surface area contributed by atoms with Crippen LogP contribution < -0.4 is 0 Å². The van der Waals surface area contributed by atoms with Crippen LogP contribution in [0.3, 0.4) is 0 Å². The van der Waals surface area contributed by atoms with Gasteiger partial charge in [-0.1, -0.05) is 58.3 Å². The predicted molar refractivity (Wildman–Crippen MR) is 71.0 cm³/mol. The van der Waals surface area contributed by atoms with Gasteiger partial charge >= 0.3 is 0 Å². The molecule has 0 aliphatic heterocycles. The number of unbranched alkanes of at least 4 members (excludes halogenated alkanes) is 7. The third-order valence-electron chi connectivity index (χ3n) is 3.13. The van der Waals surface area contributed by atoms with Crippen LogP contribution in [0.4, 0.5) is 0 Å². The first-order valence-corrected chi connectivity index (χ1v) is 6.99. The molecule has 104 valence electrons. The van der Waals surface area contributed by atoms with Crippen molar-refractivity contribution < 1.29 is 14.6 Å². The zero-order valence-corrected chi connectivity index (χ0v) is 11.8. The zero-order chi connectivity index (χ0) is 12.9. The third kappa shape index (κ3) is 9.57. The molecule has 0 aliphatic rings. The number of rotatable bonds is 12. The molecule has 17 heavy (non-hydrogen) atoms. The lowest BCUT2D eigenvalue weighted by molar-refractivity contribution is -0.165. The van der Waals surface area contributed by atoms with Gasteiger partial charge in [0.25, 0.3) is 0 Å². The van der Waals surface area contributed by atoms with Gasteiger partial charge < -0.3 is 14.6 Å². The predicted octanol–water partition coefficient (Wildman–Crippen LogP) is 3.50. The molecule has 0 aromatic carbocycles. The summed E-state index contributed by atoms with van der Waals surface area (Å²) in [7, 11) is 3.12. The minimum atomic E-state index is -0.495. The highest BCUT2D eigenvalue weighted by atomic mass is 16.7. The van der Waals surface area contributed by atoms with Crippen molar-refractivity contribution in [1.82, 2.24) is 0 Å². The molecule has 0 aliphatic carbocycles. The smallest absolute Gasteiger partial charge is 0.182 e. The molecule has 0 saturated heterocycles. The van der Waals surface area contributed by atoms with Crippen molar-refractivity contribution in [2.24, 2.45) is 0 Å². The zero-order valence-electron chi connectivity index (χ0n) is 11.8. The van der Waals surface area contributed by atoms with Crippen molar-refractivity contribution >= 4 is 0 Å². The van der Waals surface area contributed by atoms with E-state index in [0.29, 0.717) is 0 Å². The summed E-state index contributed by atoms with van der Waals surface area (Å²) in [6, 6.07) is 0. The van der Waals surface area contributed by atoms with E-state index in [-0.39, 0.29) is 0 Å². The Balaban J connectivity index is 3.27. The molecule has 3 nitrogen and oxygen atoms in total. The van der Waals surface area contributed by atoms with Crippen molar-refractivity contribution in [2.75, 3.05) is 14.2 Å². The average molecular weight is 246 g/mol. The van der Waals surface area contributed by atoms with Crippen LogP contribution in [0.2, 0.25) is 0 Å². The molecule has 0 radical (unpaired) electrons. The maximum atomic E-state index is 9.73. The Morgan fingerprint density at radius 1 is 0.824 bits per heavy atom. The van der Waals surface area contributed by atoms with Crippen LogP contribution in [0, 0.1) is 0 Å². The fourth-order valence-electron chi connectivity index (χ4n) is 2.03. The highest BCUT2D eigenvalue weighted by Gasteiger charge is 2.16. The van der Waals surface area contributed by atoms with Crippen molar-refractivity contribution in [3.63, 3.8) is 0 Å². The summed E-state index contributed by atoms with van der Waals surface area (Å²) in [6.07, 6.45) is 10.1. The Hall–Kier alpha value is -0.120. The molecule has 1 unspecified atom stereocenters. The molecule has 1 atom stereocenters. The van der Waals surface area contributed by atoms with Gasteiger partial charge in [0.2, 0.25) is 0 Å². The van der Waals surface area contributed by atoms with E-state index in [2.05, 4.69) is 6.92 Å². The summed E-state index contributed by atoms with van der Waals surface area (Å²) < 4.78 is 10.0. The number of ether oxygens (including phenoxy) is 2. The van der Waals surface area contributed by atoms with Gasteiger partial charge in [0.15, 0.2) is 6.29 Å². The second-order valence-corrected chi connectivity index (χ2v) is 4.67. The lowest BCUT2D eigenvalue weighted by Crippen LogP contribution is -2.29. The SMILES string of the molecule is CCCCCCCCCCC(O)C(OC)OC. The van der Waals surface area contributed by atoms with Gasteiger partial charge in [-0.2, -0.15) is 0 Å². The fourth-order valence-corrected chi connectivity index (χ4v) is 2.03. The van der Waals surface area contributed by atoms with Crippen LogP contribution in [-0.2, 0) is 9.47 Å². The molecule has 0 heterocycles. The Kier molecular flexibility index (Phi) is 12.3. The van der Waals surface area contributed by atoms with Crippen LogP contribution in [0.25, 0.3) is 0 Å². The third-order valence-corrected chi connectivity index (χ3v) is 3.13. The van der Waals surface area contributed by atoms with Gasteiger partial charge in [0, 0.05) is 14.2 Å². The number of methoxy groups -OCH3 is 2. The molecule has 0 amide bonds. The minimum Gasteiger partial charge on any atom is -0.388 e. The average Bonchev–Trinajstić information content (AvgIpc) is 2.34. The van der Waals surface area contributed by atoms with E-state index in [0.717, 1.165) is 12.8 Å². The first-order valence-electron chi connectivity index (χ1n) is 6.99. The van der Waals surface area contributed by atoms with Gasteiger partial charge in [-0.15, -0.1) is 0 Å². The molecule has 0 rings (SSSR count). The summed E-state index contributed by atoms with van der Waals surface area (Å²) >= 11 is 0. The highest BCUT2D eigenvalue weighted by Crippen LogP contribution is 2.12. The summed E-state index contributed by atoms with van der Waals surface area (Å²) in [5.41, 5.74) is 0. The lowest BCUT2D eigenvalue weighted by Gasteiger charge is -2.19. The fraction of sp³-hybridized carbons (Fsp3) is 1.00. The van der Waals surface area contributed by atoms with Crippen LogP contribution >= 0.6 is 0 Å². The molecule has 3 heteroatoms. The molecular formula is C14H30O3. The van der Waals surface area contributed by atoms with Crippen molar-refractivity contribution in [2.45, 2.75) is 77.1 Å². The van der Waals surface area contributed by atoms with E-state index in [4.69, 9.17) is 9.47 Å². The first-order chi connectivity index (χ1) is 8.26. The van der Waals surface area contributed by atoms with Gasteiger partial charge in [-0.05, 0) is 6.42 Å². The van der Waals surface area contributed by atoms with E-state index in [1.54, 1.807) is 14.2 Å². The Morgan fingerprint density at radius 2 is 1.29 bits per heavy atom. The van der Waals surface area contributed by atoms with E-state index in [9.17, 15) is 5.11 Å². The van der Waals surface area contributed by atoms with Gasteiger partial charge in [0.1, 0.15) is 6.10 Å². The molecular weight excluding hydrogens is 216 g/mol. The second-order valence-electron chi connectivity index (χ2n) is 4.67. The lowest BCUT2D eigenvalue weighted by atomic mass is 10.1. The van der Waals surface area contributed by atoms with Gasteiger partial charge in [-0.3, -0.25) is 0 Å². The van der Waals surface area contributed by atoms with E-state index < -0.39 is 12.4 Å². The first kappa shape index (κ1) is 16.9. The van der Waals surface area contributed by atoms with Crippen molar-refractivity contribution in [3.8, 4) is 0 Å². The molecule has 0 spiro atoms. The second kappa shape index (κ2) is 12.3. The Bertz CT molecular complexity index is 146. The summed E-state index contributed by atoms with van der Waals surface area (Å²) in [5.74, 6) is 0. The largest absolute Gasteiger partial charge is 0.388 e. The van der Waals surface area contributed by atoms with Crippen LogP contribution in [0.15, 0.2) is 0 Å². The number of aliphatic hydroxyl groups excluding tert-OH is 1. The monoisotopic (exact) mass is 246 g/mol. The van der Waals surface area contributed by atoms with Gasteiger partial charge in [-0.25, -0.2) is 0 Å². The molecule has 1 N–H and O–H groups in total. The highest BCUT2D eigenvalue weighted by molar-refractivity contribution is 4.60. The van der Waals surface area contributed by atoms with E-state index in [1.165, 1.54) is 44.9 Å². The normalized spacial score (nSPS) is 13.2. The van der Waals surface area contributed by atoms with E-state index >= 15 is 0 Å².